The average molecular weight is 397 g/mol. The summed E-state index contributed by atoms with van der Waals surface area (Å²) in [6.45, 7) is 0. The molecular weight excluding hydrogens is 372 g/mol. The molecule has 0 N–H and O–H groups in total. The molecule has 0 heterocycles. The summed E-state index contributed by atoms with van der Waals surface area (Å²) in [6, 6.07) is 47.7. The van der Waals surface area contributed by atoms with Gasteiger partial charge in [0.25, 0.3) is 0 Å². The molecule has 0 saturated heterocycles. The lowest BCUT2D eigenvalue weighted by molar-refractivity contribution is 1.19. The van der Waals surface area contributed by atoms with Crippen LogP contribution in [0.15, 0.2) is 133 Å². The highest BCUT2D eigenvalue weighted by molar-refractivity contribution is 5.73. The van der Waals surface area contributed by atoms with Gasteiger partial charge < -0.3 is 0 Å². The van der Waals surface area contributed by atoms with Gasteiger partial charge in [0.05, 0.1) is 0 Å². The van der Waals surface area contributed by atoms with E-state index in [0.717, 1.165) is 6.42 Å². The van der Waals surface area contributed by atoms with Crippen LogP contribution in [-0.4, -0.2) is 0 Å². The summed E-state index contributed by atoms with van der Waals surface area (Å²) in [5.41, 5.74) is 10.2. The predicted octanol–water partition coefficient (Wildman–Crippen LogP) is 8.28. The molecular formula is C31H24. The van der Waals surface area contributed by atoms with Crippen LogP contribution in [0.5, 0.6) is 0 Å². The second-order valence-electron chi connectivity index (χ2n) is 7.88. The Hall–Kier alpha value is -3.90. The Morgan fingerprint density at radius 3 is 1.13 bits per heavy atom. The monoisotopic (exact) mass is 396 g/mol. The van der Waals surface area contributed by atoms with Crippen molar-refractivity contribution in [2.24, 2.45) is 0 Å². The Labute approximate surface area is 184 Å². The molecule has 0 amide bonds. The fraction of sp³-hybridized carbons (Fsp3) is 0.0323. The zero-order valence-corrected chi connectivity index (χ0v) is 17.4. The van der Waals surface area contributed by atoms with E-state index < -0.39 is 0 Å². The van der Waals surface area contributed by atoms with E-state index in [1.807, 2.05) is 0 Å². The van der Waals surface area contributed by atoms with Crippen molar-refractivity contribution in [3.8, 4) is 33.4 Å². The van der Waals surface area contributed by atoms with E-state index in [2.05, 4.69) is 133 Å². The van der Waals surface area contributed by atoms with E-state index in [-0.39, 0.29) is 0 Å². The van der Waals surface area contributed by atoms with Gasteiger partial charge in [0, 0.05) is 0 Å². The van der Waals surface area contributed by atoms with Crippen molar-refractivity contribution in [1.29, 1.82) is 0 Å². The number of hydrogen-bond acceptors (Lipinski definition) is 0. The summed E-state index contributed by atoms with van der Waals surface area (Å²) in [4.78, 5) is 0. The van der Waals surface area contributed by atoms with Crippen molar-refractivity contribution in [2.45, 2.75) is 6.42 Å². The van der Waals surface area contributed by atoms with Crippen LogP contribution in [0.3, 0.4) is 0 Å². The molecule has 0 aliphatic heterocycles. The molecule has 0 aromatic heterocycles. The molecule has 0 spiro atoms. The van der Waals surface area contributed by atoms with Crippen LogP contribution in [0, 0.1) is 0 Å². The second-order valence-corrected chi connectivity index (χ2v) is 7.88. The number of hydrogen-bond donors (Lipinski definition) is 0. The molecule has 0 aliphatic carbocycles. The molecule has 5 aromatic carbocycles. The van der Waals surface area contributed by atoms with Crippen molar-refractivity contribution in [3.63, 3.8) is 0 Å². The molecule has 0 heteroatoms. The van der Waals surface area contributed by atoms with Crippen LogP contribution in [0.25, 0.3) is 33.4 Å². The Balaban J connectivity index is 1.32. The quantitative estimate of drug-likeness (QED) is 0.280. The predicted molar refractivity (Wildman–Crippen MR) is 132 cm³/mol. The SMILES string of the molecule is c1ccc(-c2ccc(Cc3ccc(-c4cccc(-c5ccccc5)c4)cc3)cc2)cc1. The molecule has 5 aromatic rings. The lowest BCUT2D eigenvalue weighted by Crippen LogP contribution is -1.89. The average Bonchev–Trinajstić information content (AvgIpc) is 2.86. The van der Waals surface area contributed by atoms with Crippen LogP contribution in [-0.2, 0) is 6.42 Å². The summed E-state index contributed by atoms with van der Waals surface area (Å²) in [7, 11) is 0. The van der Waals surface area contributed by atoms with E-state index in [1.165, 1.54) is 44.5 Å². The third-order valence-electron chi connectivity index (χ3n) is 5.73. The number of benzene rings is 5. The van der Waals surface area contributed by atoms with Gasteiger partial charge >= 0.3 is 0 Å². The summed E-state index contributed by atoms with van der Waals surface area (Å²) in [6.07, 6.45) is 0.944. The standard InChI is InChI=1S/C31H24/c1-3-8-26(9-4-1)28-18-14-24(15-19-28)22-25-16-20-29(21-17-25)31-13-7-12-30(23-31)27-10-5-2-6-11-27/h1-21,23H,22H2. The summed E-state index contributed by atoms with van der Waals surface area (Å²) >= 11 is 0. The van der Waals surface area contributed by atoms with Gasteiger partial charge in [-0.1, -0.05) is 127 Å². The highest BCUT2D eigenvalue weighted by atomic mass is 14.1. The molecule has 148 valence electrons. The zero-order valence-electron chi connectivity index (χ0n) is 17.4. The summed E-state index contributed by atoms with van der Waals surface area (Å²) < 4.78 is 0. The molecule has 5 rings (SSSR count). The van der Waals surface area contributed by atoms with E-state index >= 15 is 0 Å². The van der Waals surface area contributed by atoms with Crippen LogP contribution in [0.1, 0.15) is 11.1 Å². The first-order valence-electron chi connectivity index (χ1n) is 10.7. The van der Waals surface area contributed by atoms with Gasteiger partial charge in [-0.05, 0) is 57.0 Å². The van der Waals surface area contributed by atoms with Gasteiger partial charge in [-0.25, -0.2) is 0 Å². The van der Waals surface area contributed by atoms with E-state index in [9.17, 15) is 0 Å². The van der Waals surface area contributed by atoms with Gasteiger partial charge in [-0.15, -0.1) is 0 Å². The van der Waals surface area contributed by atoms with Gasteiger partial charge in [-0.3, -0.25) is 0 Å². The maximum atomic E-state index is 2.27. The van der Waals surface area contributed by atoms with Crippen LogP contribution < -0.4 is 0 Å². The Morgan fingerprint density at radius 1 is 0.290 bits per heavy atom. The van der Waals surface area contributed by atoms with Crippen LogP contribution >= 0.6 is 0 Å². The van der Waals surface area contributed by atoms with Crippen LogP contribution in [0.2, 0.25) is 0 Å². The molecule has 0 bridgehead atoms. The van der Waals surface area contributed by atoms with E-state index in [1.54, 1.807) is 0 Å². The molecule has 0 fully saturated rings. The summed E-state index contributed by atoms with van der Waals surface area (Å²) in [5, 5.41) is 0. The fourth-order valence-electron chi connectivity index (χ4n) is 4.01. The third kappa shape index (κ3) is 4.49. The minimum Gasteiger partial charge on any atom is -0.0622 e. The maximum Gasteiger partial charge on any atom is -0.00258 e. The van der Waals surface area contributed by atoms with Gasteiger partial charge in [-0.2, -0.15) is 0 Å². The summed E-state index contributed by atoms with van der Waals surface area (Å²) in [5.74, 6) is 0. The van der Waals surface area contributed by atoms with Crippen molar-refractivity contribution in [3.05, 3.63) is 145 Å². The van der Waals surface area contributed by atoms with Gasteiger partial charge in [0.2, 0.25) is 0 Å². The highest BCUT2D eigenvalue weighted by Gasteiger charge is 2.03. The lowest BCUT2D eigenvalue weighted by atomic mass is 9.96. The molecule has 0 aliphatic rings. The van der Waals surface area contributed by atoms with Crippen molar-refractivity contribution in [2.75, 3.05) is 0 Å². The number of rotatable bonds is 5. The topological polar surface area (TPSA) is 0 Å². The molecule has 0 radical (unpaired) electrons. The van der Waals surface area contributed by atoms with Crippen molar-refractivity contribution in [1.82, 2.24) is 0 Å². The smallest absolute Gasteiger partial charge is 0.00258 e. The van der Waals surface area contributed by atoms with E-state index in [0.29, 0.717) is 0 Å². The maximum absolute atomic E-state index is 2.27. The molecule has 0 saturated carbocycles. The van der Waals surface area contributed by atoms with Crippen LogP contribution in [0.4, 0.5) is 0 Å². The first-order chi connectivity index (χ1) is 15.3. The van der Waals surface area contributed by atoms with Gasteiger partial charge in [0.1, 0.15) is 0 Å². The Morgan fingerprint density at radius 2 is 0.645 bits per heavy atom. The van der Waals surface area contributed by atoms with Crippen molar-refractivity contribution < 1.29 is 0 Å². The molecule has 0 unspecified atom stereocenters. The largest absolute Gasteiger partial charge is 0.0622 e. The lowest BCUT2D eigenvalue weighted by Gasteiger charge is -2.08. The normalized spacial score (nSPS) is 10.7. The Bertz CT molecular complexity index is 1250. The molecule has 31 heavy (non-hydrogen) atoms. The minimum atomic E-state index is 0.944. The molecule has 0 atom stereocenters. The zero-order chi connectivity index (χ0) is 20.9. The first kappa shape index (κ1) is 19.1. The van der Waals surface area contributed by atoms with Crippen molar-refractivity contribution >= 4 is 0 Å². The molecule has 0 nitrogen and oxygen atoms in total. The first-order valence-corrected chi connectivity index (χ1v) is 10.7. The highest BCUT2D eigenvalue weighted by Crippen LogP contribution is 2.27. The fourth-order valence-corrected chi connectivity index (χ4v) is 4.01. The Kier molecular flexibility index (Phi) is 5.45. The van der Waals surface area contributed by atoms with Gasteiger partial charge in [0.15, 0.2) is 0 Å². The third-order valence-corrected chi connectivity index (χ3v) is 5.73. The minimum absolute atomic E-state index is 0.944. The van der Waals surface area contributed by atoms with E-state index in [4.69, 9.17) is 0 Å². The second kappa shape index (κ2) is 8.85.